The molecule has 1 aliphatic carbocycles. The van der Waals surface area contributed by atoms with Gasteiger partial charge in [0.1, 0.15) is 5.52 Å². The van der Waals surface area contributed by atoms with Crippen LogP contribution >= 0.6 is 0 Å². The van der Waals surface area contributed by atoms with Gasteiger partial charge in [0.05, 0.1) is 12.2 Å². The first-order valence-electron chi connectivity index (χ1n) is 6.71. The maximum atomic E-state index is 12.5. The SMILES string of the molecule is O=c1c2[nH]ncc2nnn1[C@H]1CCCc2ccccc21. The van der Waals surface area contributed by atoms with Crippen molar-refractivity contribution in [3.8, 4) is 0 Å². The smallest absolute Gasteiger partial charge is 0.271 e. The van der Waals surface area contributed by atoms with Gasteiger partial charge in [-0.05, 0) is 30.4 Å². The molecule has 0 saturated heterocycles. The second kappa shape index (κ2) is 4.26. The predicted octanol–water partition coefficient (Wildman–Crippen LogP) is 1.44. The summed E-state index contributed by atoms with van der Waals surface area (Å²) >= 11 is 0. The molecule has 2 aromatic heterocycles. The third-order valence-corrected chi connectivity index (χ3v) is 3.92. The van der Waals surface area contributed by atoms with Crippen molar-refractivity contribution in [1.29, 1.82) is 0 Å². The first-order valence-corrected chi connectivity index (χ1v) is 6.71. The van der Waals surface area contributed by atoms with Gasteiger partial charge in [-0.2, -0.15) is 5.10 Å². The van der Waals surface area contributed by atoms with Crippen molar-refractivity contribution in [3.63, 3.8) is 0 Å². The van der Waals surface area contributed by atoms with E-state index >= 15 is 0 Å². The Morgan fingerprint density at radius 1 is 1.30 bits per heavy atom. The van der Waals surface area contributed by atoms with E-state index in [-0.39, 0.29) is 11.6 Å². The highest BCUT2D eigenvalue weighted by Crippen LogP contribution is 2.31. The van der Waals surface area contributed by atoms with Crippen LogP contribution in [0.15, 0.2) is 35.3 Å². The highest BCUT2D eigenvalue weighted by atomic mass is 16.1. The fourth-order valence-electron chi connectivity index (χ4n) is 2.95. The molecule has 2 heterocycles. The molecule has 6 heteroatoms. The van der Waals surface area contributed by atoms with Crippen molar-refractivity contribution in [2.45, 2.75) is 25.3 Å². The minimum absolute atomic E-state index is 0.0346. The minimum atomic E-state index is -0.158. The van der Waals surface area contributed by atoms with E-state index in [1.165, 1.54) is 22.0 Å². The maximum Gasteiger partial charge on any atom is 0.296 e. The fourth-order valence-corrected chi connectivity index (χ4v) is 2.95. The third-order valence-electron chi connectivity index (χ3n) is 3.92. The minimum Gasteiger partial charge on any atom is -0.271 e. The molecular formula is C14H13N5O. The average Bonchev–Trinajstić information content (AvgIpc) is 2.97. The summed E-state index contributed by atoms with van der Waals surface area (Å²) in [6.45, 7) is 0. The van der Waals surface area contributed by atoms with Gasteiger partial charge in [-0.15, -0.1) is 5.10 Å². The molecule has 1 N–H and O–H groups in total. The Bertz CT molecular complexity index is 835. The summed E-state index contributed by atoms with van der Waals surface area (Å²) in [6, 6.07) is 8.20. The lowest BCUT2D eigenvalue weighted by Gasteiger charge is -2.25. The average molecular weight is 267 g/mol. The largest absolute Gasteiger partial charge is 0.296 e. The standard InChI is InChI=1S/C14H13N5O/c20-14-13-11(8-15-17-13)16-18-19(14)12-7-3-5-9-4-1-2-6-10(9)12/h1-2,4,6,8,12H,3,5,7H2,(H,15,17)/t12-/m0/s1. The number of fused-ring (bicyclic) bond motifs is 2. The van der Waals surface area contributed by atoms with E-state index in [4.69, 9.17) is 0 Å². The summed E-state index contributed by atoms with van der Waals surface area (Å²) in [4.78, 5) is 12.5. The number of aromatic nitrogens is 5. The van der Waals surface area contributed by atoms with Crippen LogP contribution in [0.25, 0.3) is 11.0 Å². The Morgan fingerprint density at radius 2 is 2.20 bits per heavy atom. The van der Waals surface area contributed by atoms with Gasteiger partial charge in [-0.25, -0.2) is 4.68 Å². The quantitative estimate of drug-likeness (QED) is 0.723. The number of nitrogens with one attached hydrogen (secondary N) is 1. The lowest BCUT2D eigenvalue weighted by atomic mass is 9.88. The van der Waals surface area contributed by atoms with Crippen molar-refractivity contribution < 1.29 is 0 Å². The van der Waals surface area contributed by atoms with Crippen LogP contribution in [0.3, 0.4) is 0 Å². The van der Waals surface area contributed by atoms with Gasteiger partial charge >= 0.3 is 0 Å². The number of rotatable bonds is 1. The topological polar surface area (TPSA) is 76.5 Å². The fraction of sp³-hybridized carbons (Fsp3) is 0.286. The first kappa shape index (κ1) is 11.3. The highest BCUT2D eigenvalue weighted by Gasteiger charge is 2.24. The normalized spacial score (nSPS) is 18.1. The number of hydrogen-bond donors (Lipinski definition) is 1. The molecule has 1 atom stereocenters. The van der Waals surface area contributed by atoms with Crippen LogP contribution in [0, 0.1) is 0 Å². The van der Waals surface area contributed by atoms with Crippen molar-refractivity contribution >= 4 is 11.0 Å². The predicted molar refractivity (Wildman–Crippen MR) is 73.5 cm³/mol. The molecule has 0 unspecified atom stereocenters. The van der Waals surface area contributed by atoms with Gasteiger partial charge < -0.3 is 0 Å². The van der Waals surface area contributed by atoms with Crippen LogP contribution in [0.5, 0.6) is 0 Å². The molecule has 4 rings (SSSR count). The van der Waals surface area contributed by atoms with Crippen LogP contribution < -0.4 is 5.56 Å². The molecule has 0 saturated carbocycles. The molecule has 0 bridgehead atoms. The highest BCUT2D eigenvalue weighted by molar-refractivity contribution is 5.70. The van der Waals surface area contributed by atoms with Crippen molar-refractivity contribution in [1.82, 2.24) is 25.2 Å². The van der Waals surface area contributed by atoms with Gasteiger partial charge in [-0.1, -0.05) is 29.5 Å². The van der Waals surface area contributed by atoms with Gasteiger partial charge in [0, 0.05) is 0 Å². The van der Waals surface area contributed by atoms with E-state index in [0.717, 1.165) is 19.3 Å². The van der Waals surface area contributed by atoms with Gasteiger partial charge in [0.15, 0.2) is 5.52 Å². The first-order chi connectivity index (χ1) is 9.84. The second-order valence-corrected chi connectivity index (χ2v) is 5.08. The molecule has 1 aromatic carbocycles. The summed E-state index contributed by atoms with van der Waals surface area (Å²) in [7, 11) is 0. The number of aryl methyl sites for hydroxylation is 1. The Morgan fingerprint density at radius 3 is 3.15 bits per heavy atom. The zero-order valence-electron chi connectivity index (χ0n) is 10.8. The van der Waals surface area contributed by atoms with Crippen LogP contribution in [-0.4, -0.2) is 25.2 Å². The number of benzene rings is 1. The summed E-state index contributed by atoms with van der Waals surface area (Å²) < 4.78 is 1.48. The lowest BCUT2D eigenvalue weighted by molar-refractivity contribution is 0.419. The van der Waals surface area contributed by atoms with Crippen LogP contribution in [-0.2, 0) is 6.42 Å². The molecule has 0 fully saturated rings. The molecular weight excluding hydrogens is 254 g/mol. The zero-order chi connectivity index (χ0) is 13.5. The van der Waals surface area contributed by atoms with E-state index < -0.39 is 0 Å². The molecule has 0 spiro atoms. The summed E-state index contributed by atoms with van der Waals surface area (Å²) in [5, 5.41) is 14.7. The Balaban J connectivity index is 1.92. The van der Waals surface area contributed by atoms with Crippen LogP contribution in [0.4, 0.5) is 0 Å². The maximum absolute atomic E-state index is 12.5. The molecule has 3 aromatic rings. The summed E-state index contributed by atoms with van der Waals surface area (Å²) in [5.41, 5.74) is 3.24. The molecule has 0 aliphatic heterocycles. The van der Waals surface area contributed by atoms with Crippen molar-refractivity contribution in [3.05, 3.63) is 51.9 Å². The molecule has 0 radical (unpaired) electrons. The van der Waals surface area contributed by atoms with Crippen molar-refractivity contribution in [2.24, 2.45) is 0 Å². The summed E-state index contributed by atoms with van der Waals surface area (Å²) in [5.74, 6) is 0. The molecule has 100 valence electrons. The second-order valence-electron chi connectivity index (χ2n) is 5.08. The van der Waals surface area contributed by atoms with E-state index in [1.54, 1.807) is 0 Å². The molecule has 20 heavy (non-hydrogen) atoms. The van der Waals surface area contributed by atoms with Gasteiger partial charge in [0.25, 0.3) is 5.56 Å². The molecule has 6 nitrogen and oxygen atoms in total. The molecule has 1 aliphatic rings. The molecule has 0 amide bonds. The lowest BCUT2D eigenvalue weighted by Crippen LogP contribution is -2.31. The third kappa shape index (κ3) is 1.57. The Labute approximate surface area is 114 Å². The number of aromatic amines is 1. The summed E-state index contributed by atoms with van der Waals surface area (Å²) in [6.07, 6.45) is 4.53. The van der Waals surface area contributed by atoms with E-state index in [0.29, 0.717) is 11.0 Å². The Hall–Kier alpha value is -2.50. The van der Waals surface area contributed by atoms with Crippen LogP contribution in [0.1, 0.15) is 30.0 Å². The Kier molecular flexibility index (Phi) is 2.42. The van der Waals surface area contributed by atoms with Crippen molar-refractivity contribution in [2.75, 3.05) is 0 Å². The van der Waals surface area contributed by atoms with E-state index in [9.17, 15) is 4.79 Å². The van der Waals surface area contributed by atoms with E-state index in [2.05, 4.69) is 32.6 Å². The number of hydrogen-bond acceptors (Lipinski definition) is 4. The number of nitrogens with zero attached hydrogens (tertiary/aromatic N) is 4. The monoisotopic (exact) mass is 267 g/mol. The van der Waals surface area contributed by atoms with Gasteiger partial charge in [-0.3, -0.25) is 9.89 Å². The van der Waals surface area contributed by atoms with E-state index in [1.807, 2.05) is 12.1 Å². The van der Waals surface area contributed by atoms with Gasteiger partial charge in [0.2, 0.25) is 0 Å². The van der Waals surface area contributed by atoms with Crippen LogP contribution in [0.2, 0.25) is 0 Å². The zero-order valence-corrected chi connectivity index (χ0v) is 10.8. The number of H-pyrrole nitrogens is 1.